The van der Waals surface area contributed by atoms with Crippen molar-refractivity contribution in [2.45, 2.75) is 19.3 Å². The van der Waals surface area contributed by atoms with Crippen LogP contribution in [0.25, 0.3) is 10.8 Å². The van der Waals surface area contributed by atoms with Crippen molar-refractivity contribution in [1.29, 1.82) is 0 Å². The first-order chi connectivity index (χ1) is 12.7. The minimum Gasteiger partial charge on any atom is -0.356 e. The van der Waals surface area contributed by atoms with E-state index in [2.05, 4.69) is 15.2 Å². The molecule has 132 valence electrons. The number of halogens is 1. The Bertz CT molecular complexity index is 934. The van der Waals surface area contributed by atoms with Crippen molar-refractivity contribution in [2.24, 2.45) is 0 Å². The molecule has 0 unspecified atom stereocenters. The third kappa shape index (κ3) is 3.25. The number of benzene rings is 2. The molecule has 1 N–H and O–H groups in total. The standard InChI is InChI=1S/C21H20FN3O/c22-15-8-10-16(11-9-15)24-21(26)19-14-23-20(25-12-4-1-5-13-25)18-7-3-2-6-17(18)19/h2-3,6-11,14H,1,4-5,12-13H2,(H,24,26). The number of hydrogen-bond acceptors (Lipinski definition) is 3. The molecule has 0 bridgehead atoms. The Hall–Kier alpha value is -2.95. The molecule has 0 saturated carbocycles. The number of rotatable bonds is 3. The van der Waals surface area contributed by atoms with Crippen LogP contribution in [0.1, 0.15) is 29.6 Å². The van der Waals surface area contributed by atoms with E-state index in [1.165, 1.54) is 31.4 Å². The van der Waals surface area contributed by atoms with Crippen molar-refractivity contribution in [2.75, 3.05) is 23.3 Å². The van der Waals surface area contributed by atoms with Crippen molar-refractivity contribution in [3.63, 3.8) is 0 Å². The number of aromatic nitrogens is 1. The molecule has 1 saturated heterocycles. The second kappa shape index (κ2) is 7.12. The lowest BCUT2D eigenvalue weighted by Gasteiger charge is -2.29. The predicted molar refractivity (Wildman–Crippen MR) is 102 cm³/mol. The summed E-state index contributed by atoms with van der Waals surface area (Å²) in [6.07, 6.45) is 5.24. The van der Waals surface area contributed by atoms with Crippen LogP contribution in [0.2, 0.25) is 0 Å². The van der Waals surface area contributed by atoms with E-state index in [0.29, 0.717) is 11.3 Å². The molecule has 2 heterocycles. The van der Waals surface area contributed by atoms with Gasteiger partial charge in [0.05, 0.1) is 5.56 Å². The molecule has 1 aliphatic rings. The summed E-state index contributed by atoms with van der Waals surface area (Å²) in [5, 5.41) is 4.68. The van der Waals surface area contributed by atoms with Crippen LogP contribution in [-0.2, 0) is 0 Å². The fourth-order valence-electron chi connectivity index (χ4n) is 3.45. The van der Waals surface area contributed by atoms with Crippen molar-refractivity contribution < 1.29 is 9.18 Å². The van der Waals surface area contributed by atoms with E-state index in [1.54, 1.807) is 18.3 Å². The normalized spacial score (nSPS) is 14.4. The highest BCUT2D eigenvalue weighted by Crippen LogP contribution is 2.29. The number of pyridine rings is 1. The zero-order valence-corrected chi connectivity index (χ0v) is 14.4. The number of fused-ring (bicyclic) bond motifs is 1. The smallest absolute Gasteiger partial charge is 0.257 e. The molecule has 3 aromatic rings. The predicted octanol–water partition coefficient (Wildman–Crippen LogP) is 4.62. The Morgan fingerprint density at radius 3 is 2.38 bits per heavy atom. The van der Waals surface area contributed by atoms with E-state index >= 15 is 0 Å². The number of carbonyl (C=O) groups excluding carboxylic acids is 1. The highest BCUT2D eigenvalue weighted by atomic mass is 19.1. The summed E-state index contributed by atoms with van der Waals surface area (Å²) in [7, 11) is 0. The molecule has 1 aliphatic heterocycles. The van der Waals surface area contributed by atoms with Crippen LogP contribution in [-0.4, -0.2) is 24.0 Å². The molecule has 4 rings (SSSR count). The minimum atomic E-state index is -0.332. The lowest BCUT2D eigenvalue weighted by Crippen LogP contribution is -2.30. The number of anilines is 2. The second-order valence-corrected chi connectivity index (χ2v) is 6.55. The zero-order valence-electron chi connectivity index (χ0n) is 14.4. The van der Waals surface area contributed by atoms with E-state index in [-0.39, 0.29) is 11.7 Å². The number of hydrogen-bond donors (Lipinski definition) is 1. The topological polar surface area (TPSA) is 45.2 Å². The van der Waals surface area contributed by atoms with Crippen LogP contribution in [0.4, 0.5) is 15.9 Å². The van der Waals surface area contributed by atoms with Gasteiger partial charge in [0.25, 0.3) is 5.91 Å². The lowest BCUT2D eigenvalue weighted by molar-refractivity contribution is 0.102. The Balaban J connectivity index is 1.69. The molecule has 2 aromatic carbocycles. The molecule has 0 atom stereocenters. The molecule has 1 amide bonds. The van der Waals surface area contributed by atoms with Gasteiger partial charge in [-0.25, -0.2) is 9.37 Å². The van der Waals surface area contributed by atoms with Gasteiger partial charge in [0, 0.05) is 30.4 Å². The van der Waals surface area contributed by atoms with Crippen molar-refractivity contribution in [1.82, 2.24) is 4.98 Å². The zero-order chi connectivity index (χ0) is 17.9. The summed E-state index contributed by atoms with van der Waals surface area (Å²) in [5.74, 6) is 0.366. The molecule has 26 heavy (non-hydrogen) atoms. The third-order valence-electron chi connectivity index (χ3n) is 4.78. The molecule has 0 spiro atoms. The quantitative estimate of drug-likeness (QED) is 0.751. The fraction of sp³-hybridized carbons (Fsp3) is 0.238. The molecule has 4 nitrogen and oxygen atoms in total. The van der Waals surface area contributed by atoms with Gasteiger partial charge in [-0.2, -0.15) is 0 Å². The fourth-order valence-corrected chi connectivity index (χ4v) is 3.45. The Morgan fingerprint density at radius 1 is 0.962 bits per heavy atom. The van der Waals surface area contributed by atoms with E-state index in [1.807, 2.05) is 24.3 Å². The summed E-state index contributed by atoms with van der Waals surface area (Å²) in [5.41, 5.74) is 1.08. The Kier molecular flexibility index (Phi) is 4.52. The SMILES string of the molecule is O=C(Nc1ccc(F)cc1)c1cnc(N2CCCCC2)c2ccccc12. The Morgan fingerprint density at radius 2 is 1.65 bits per heavy atom. The van der Waals surface area contributed by atoms with E-state index in [9.17, 15) is 9.18 Å². The van der Waals surface area contributed by atoms with Gasteiger partial charge in [-0.15, -0.1) is 0 Å². The summed E-state index contributed by atoms with van der Waals surface area (Å²) < 4.78 is 13.0. The number of piperidine rings is 1. The molecule has 1 fully saturated rings. The van der Waals surface area contributed by atoms with Crippen LogP contribution < -0.4 is 10.2 Å². The molecule has 0 aliphatic carbocycles. The van der Waals surface area contributed by atoms with Gasteiger partial charge in [-0.3, -0.25) is 4.79 Å². The highest BCUT2D eigenvalue weighted by molar-refractivity contribution is 6.14. The van der Waals surface area contributed by atoms with Gasteiger partial charge in [0.15, 0.2) is 0 Å². The first-order valence-corrected chi connectivity index (χ1v) is 8.92. The number of amides is 1. The van der Waals surface area contributed by atoms with Gasteiger partial charge < -0.3 is 10.2 Å². The molecular weight excluding hydrogens is 329 g/mol. The van der Waals surface area contributed by atoms with Crippen molar-refractivity contribution >= 4 is 28.2 Å². The molecule has 1 aromatic heterocycles. The highest BCUT2D eigenvalue weighted by Gasteiger charge is 2.18. The van der Waals surface area contributed by atoms with Crippen LogP contribution >= 0.6 is 0 Å². The van der Waals surface area contributed by atoms with Crippen LogP contribution in [0.3, 0.4) is 0 Å². The maximum Gasteiger partial charge on any atom is 0.257 e. The molecule has 0 radical (unpaired) electrons. The van der Waals surface area contributed by atoms with Crippen LogP contribution in [0.5, 0.6) is 0 Å². The second-order valence-electron chi connectivity index (χ2n) is 6.55. The first kappa shape index (κ1) is 16.5. The van der Waals surface area contributed by atoms with E-state index < -0.39 is 0 Å². The van der Waals surface area contributed by atoms with Gasteiger partial charge >= 0.3 is 0 Å². The average molecular weight is 349 g/mol. The summed E-state index contributed by atoms with van der Waals surface area (Å²) >= 11 is 0. The summed E-state index contributed by atoms with van der Waals surface area (Å²) in [4.78, 5) is 19.7. The van der Waals surface area contributed by atoms with Gasteiger partial charge in [0.1, 0.15) is 11.6 Å². The first-order valence-electron chi connectivity index (χ1n) is 8.92. The van der Waals surface area contributed by atoms with Gasteiger partial charge in [-0.05, 0) is 48.9 Å². The third-order valence-corrected chi connectivity index (χ3v) is 4.78. The monoisotopic (exact) mass is 349 g/mol. The summed E-state index contributed by atoms with van der Waals surface area (Å²) in [6.45, 7) is 2.00. The maximum atomic E-state index is 13.0. The average Bonchev–Trinajstić information content (AvgIpc) is 2.69. The lowest BCUT2D eigenvalue weighted by atomic mass is 10.0. The van der Waals surface area contributed by atoms with Crippen molar-refractivity contribution in [3.05, 3.63) is 66.1 Å². The molecular formula is C21H20FN3O. The number of nitrogens with zero attached hydrogens (tertiary/aromatic N) is 2. The Labute approximate surface area is 151 Å². The van der Waals surface area contributed by atoms with Crippen LogP contribution in [0.15, 0.2) is 54.7 Å². The summed E-state index contributed by atoms with van der Waals surface area (Å²) in [6, 6.07) is 13.6. The van der Waals surface area contributed by atoms with E-state index in [4.69, 9.17) is 0 Å². The minimum absolute atomic E-state index is 0.245. The van der Waals surface area contributed by atoms with Gasteiger partial charge in [0.2, 0.25) is 0 Å². The van der Waals surface area contributed by atoms with Crippen molar-refractivity contribution in [3.8, 4) is 0 Å². The van der Waals surface area contributed by atoms with Crippen LogP contribution in [0, 0.1) is 5.82 Å². The molecule has 5 heteroatoms. The number of carbonyl (C=O) groups is 1. The van der Waals surface area contributed by atoms with Gasteiger partial charge in [-0.1, -0.05) is 24.3 Å². The maximum absolute atomic E-state index is 13.0. The van der Waals surface area contributed by atoms with E-state index in [0.717, 1.165) is 29.7 Å². The largest absolute Gasteiger partial charge is 0.356 e. The number of nitrogens with one attached hydrogen (secondary N) is 1.